The van der Waals surface area contributed by atoms with Crippen molar-refractivity contribution < 1.29 is 23.8 Å². The SMILES string of the molecule is C[C@H]1CN(C(=O)Cn2ccn3c(=O)c(O)c(-c4ncc(Cc5ccc(F)cc5C(N)=O)s4)nc23)CCO1. The lowest BCUT2D eigenvalue weighted by Gasteiger charge is -2.31. The van der Waals surface area contributed by atoms with Crippen LogP contribution in [0.5, 0.6) is 5.75 Å². The van der Waals surface area contributed by atoms with Gasteiger partial charge in [-0.2, -0.15) is 0 Å². The molecule has 0 aliphatic carbocycles. The molecule has 192 valence electrons. The first-order valence-corrected chi connectivity index (χ1v) is 12.3. The van der Waals surface area contributed by atoms with E-state index in [1.807, 2.05) is 6.92 Å². The topological polar surface area (TPSA) is 145 Å². The summed E-state index contributed by atoms with van der Waals surface area (Å²) >= 11 is 1.16. The molecule has 3 N–H and O–H groups in total. The van der Waals surface area contributed by atoms with Gasteiger partial charge in [-0.05, 0) is 24.6 Å². The van der Waals surface area contributed by atoms with Crippen molar-refractivity contribution in [2.75, 3.05) is 19.7 Å². The molecule has 11 nitrogen and oxygen atoms in total. The van der Waals surface area contributed by atoms with E-state index in [2.05, 4.69) is 9.97 Å². The van der Waals surface area contributed by atoms with E-state index in [9.17, 15) is 23.9 Å². The Kier molecular flexibility index (Phi) is 6.48. The number of nitrogens with two attached hydrogens (primary N) is 1. The Morgan fingerprint density at radius 2 is 2.14 bits per heavy atom. The highest BCUT2D eigenvalue weighted by molar-refractivity contribution is 7.15. The number of halogens is 1. The van der Waals surface area contributed by atoms with Gasteiger partial charge in [0.25, 0.3) is 0 Å². The molecule has 13 heteroatoms. The van der Waals surface area contributed by atoms with Gasteiger partial charge in [0.15, 0.2) is 5.69 Å². The molecule has 1 aromatic carbocycles. The van der Waals surface area contributed by atoms with E-state index in [-0.39, 0.29) is 47.0 Å². The quantitative estimate of drug-likeness (QED) is 0.386. The first-order valence-electron chi connectivity index (χ1n) is 11.4. The molecule has 0 radical (unpaired) electrons. The lowest BCUT2D eigenvalue weighted by molar-refractivity contribution is -0.138. The summed E-state index contributed by atoms with van der Waals surface area (Å²) in [4.78, 5) is 48.6. The van der Waals surface area contributed by atoms with Gasteiger partial charge < -0.3 is 25.0 Å². The normalized spacial score (nSPS) is 15.8. The van der Waals surface area contributed by atoms with Crippen molar-refractivity contribution >= 4 is 28.9 Å². The van der Waals surface area contributed by atoms with Crippen LogP contribution >= 0.6 is 11.3 Å². The first-order chi connectivity index (χ1) is 17.7. The van der Waals surface area contributed by atoms with Crippen LogP contribution in [0, 0.1) is 5.82 Å². The second-order valence-electron chi connectivity index (χ2n) is 8.71. The number of imidazole rings is 1. The number of primary amides is 1. The third-order valence-corrected chi connectivity index (χ3v) is 7.09. The third-order valence-electron chi connectivity index (χ3n) is 6.08. The molecule has 4 heterocycles. The molecule has 5 rings (SSSR count). The van der Waals surface area contributed by atoms with Crippen molar-refractivity contribution in [2.45, 2.75) is 26.0 Å². The maximum atomic E-state index is 13.6. The summed E-state index contributed by atoms with van der Waals surface area (Å²) in [5.41, 5.74) is 5.24. The van der Waals surface area contributed by atoms with E-state index in [1.165, 1.54) is 28.9 Å². The fourth-order valence-corrected chi connectivity index (χ4v) is 5.17. The zero-order chi connectivity index (χ0) is 26.3. The Morgan fingerprint density at radius 3 is 2.89 bits per heavy atom. The molecule has 0 spiro atoms. The maximum Gasteiger partial charge on any atom is 0.302 e. The monoisotopic (exact) mass is 526 g/mol. The van der Waals surface area contributed by atoms with Gasteiger partial charge in [-0.25, -0.2) is 18.8 Å². The van der Waals surface area contributed by atoms with Crippen LogP contribution in [0.2, 0.25) is 0 Å². The van der Waals surface area contributed by atoms with Gasteiger partial charge in [0, 0.05) is 48.5 Å². The van der Waals surface area contributed by atoms with Gasteiger partial charge in [-0.3, -0.25) is 14.4 Å². The number of fused-ring (bicyclic) bond motifs is 1. The van der Waals surface area contributed by atoms with Crippen molar-refractivity contribution in [3.05, 3.63) is 69.0 Å². The van der Waals surface area contributed by atoms with Crippen LogP contribution in [-0.2, 0) is 22.5 Å². The molecule has 37 heavy (non-hydrogen) atoms. The van der Waals surface area contributed by atoms with Gasteiger partial charge in [0.1, 0.15) is 17.4 Å². The summed E-state index contributed by atoms with van der Waals surface area (Å²) in [6.45, 7) is 3.28. The summed E-state index contributed by atoms with van der Waals surface area (Å²) in [7, 11) is 0. The van der Waals surface area contributed by atoms with Gasteiger partial charge in [0.2, 0.25) is 23.3 Å². The molecular weight excluding hydrogens is 503 g/mol. The zero-order valence-electron chi connectivity index (χ0n) is 19.8. The highest BCUT2D eigenvalue weighted by Gasteiger charge is 2.24. The van der Waals surface area contributed by atoms with Crippen LogP contribution in [-0.4, -0.2) is 66.6 Å². The number of nitrogens with zero attached hydrogens (tertiary/aromatic N) is 5. The van der Waals surface area contributed by atoms with Crippen LogP contribution in [0.25, 0.3) is 16.5 Å². The molecule has 4 aromatic rings. The van der Waals surface area contributed by atoms with Gasteiger partial charge in [0.05, 0.1) is 12.7 Å². The molecule has 2 amide bonds. The number of hydrogen-bond acceptors (Lipinski definition) is 8. The van der Waals surface area contributed by atoms with Crippen LogP contribution in [0.4, 0.5) is 4.39 Å². The maximum absolute atomic E-state index is 13.6. The average molecular weight is 527 g/mol. The number of carbonyl (C=O) groups is 2. The van der Waals surface area contributed by atoms with E-state index < -0.39 is 23.0 Å². The van der Waals surface area contributed by atoms with Crippen molar-refractivity contribution in [3.8, 4) is 16.5 Å². The molecule has 3 aromatic heterocycles. The second kappa shape index (κ2) is 9.75. The highest BCUT2D eigenvalue weighted by atomic mass is 32.1. The fourth-order valence-electron chi connectivity index (χ4n) is 4.25. The summed E-state index contributed by atoms with van der Waals surface area (Å²) in [6.07, 6.45) is 4.70. The summed E-state index contributed by atoms with van der Waals surface area (Å²) < 4.78 is 21.8. The van der Waals surface area contributed by atoms with E-state index in [1.54, 1.807) is 15.7 Å². The van der Waals surface area contributed by atoms with Crippen LogP contribution in [0.3, 0.4) is 0 Å². The predicted molar refractivity (Wildman–Crippen MR) is 132 cm³/mol. The fraction of sp³-hybridized carbons (Fsp3) is 0.292. The Labute approximate surface area is 213 Å². The number of aromatic hydroxyl groups is 1. The predicted octanol–water partition coefficient (Wildman–Crippen LogP) is 1.40. The van der Waals surface area contributed by atoms with Crippen LogP contribution in [0.1, 0.15) is 27.7 Å². The smallest absolute Gasteiger partial charge is 0.302 e. The summed E-state index contributed by atoms with van der Waals surface area (Å²) in [5.74, 6) is -1.87. The molecule has 1 atom stereocenters. The largest absolute Gasteiger partial charge is 0.501 e. The number of aromatic nitrogens is 4. The Morgan fingerprint density at radius 1 is 1.32 bits per heavy atom. The third kappa shape index (κ3) is 4.82. The van der Waals surface area contributed by atoms with E-state index in [0.717, 1.165) is 17.4 Å². The van der Waals surface area contributed by atoms with Crippen LogP contribution in [0.15, 0.2) is 41.6 Å². The van der Waals surface area contributed by atoms with Crippen molar-refractivity contribution in [1.82, 2.24) is 23.8 Å². The lowest BCUT2D eigenvalue weighted by Crippen LogP contribution is -2.45. The number of carbonyl (C=O) groups excluding carboxylic acids is 2. The Balaban J connectivity index is 1.45. The van der Waals surface area contributed by atoms with Gasteiger partial charge >= 0.3 is 5.56 Å². The standard InChI is InChI=1S/C24H23FN6O5S/c1-13-11-29(6-7-36-13)18(32)12-30-4-5-31-23(35)20(33)19(28-24(30)31)22-27-10-16(37-22)8-14-2-3-15(25)9-17(14)21(26)34/h2-5,9-10,13,33H,6-8,11-12H2,1H3,(H2,26,34)/t13-/m0/s1. The van der Waals surface area contributed by atoms with E-state index in [0.29, 0.717) is 30.1 Å². The van der Waals surface area contributed by atoms with Crippen molar-refractivity contribution in [2.24, 2.45) is 5.73 Å². The minimum atomic E-state index is -0.751. The molecule has 0 unspecified atom stereocenters. The number of thiazole rings is 1. The molecule has 1 aliphatic heterocycles. The zero-order valence-corrected chi connectivity index (χ0v) is 20.6. The first kappa shape index (κ1) is 24.6. The molecule has 1 fully saturated rings. The van der Waals surface area contributed by atoms with Crippen LogP contribution < -0.4 is 11.3 Å². The number of morpholine rings is 1. The highest BCUT2D eigenvalue weighted by Crippen LogP contribution is 2.30. The Hall–Kier alpha value is -4.10. The Bertz CT molecular complexity index is 1580. The van der Waals surface area contributed by atoms with Crippen molar-refractivity contribution in [1.29, 1.82) is 0 Å². The van der Waals surface area contributed by atoms with Crippen molar-refractivity contribution in [3.63, 3.8) is 0 Å². The minimum absolute atomic E-state index is 0.0251. The summed E-state index contributed by atoms with van der Waals surface area (Å²) in [5, 5.41) is 10.9. The molecule has 1 saturated heterocycles. The minimum Gasteiger partial charge on any atom is -0.501 e. The molecule has 0 bridgehead atoms. The summed E-state index contributed by atoms with van der Waals surface area (Å²) in [6, 6.07) is 3.79. The number of benzene rings is 1. The van der Waals surface area contributed by atoms with Gasteiger partial charge in [-0.15, -0.1) is 11.3 Å². The van der Waals surface area contributed by atoms with E-state index >= 15 is 0 Å². The lowest BCUT2D eigenvalue weighted by atomic mass is 10.0. The second-order valence-corrected chi connectivity index (χ2v) is 9.82. The number of hydrogen-bond donors (Lipinski definition) is 2. The molecular formula is C24H23FN6O5S. The number of rotatable bonds is 6. The average Bonchev–Trinajstić information content (AvgIpc) is 3.49. The van der Waals surface area contributed by atoms with E-state index in [4.69, 9.17) is 10.5 Å². The number of ether oxygens (including phenoxy) is 1. The number of amides is 2. The molecule has 0 saturated carbocycles. The van der Waals surface area contributed by atoms with Gasteiger partial charge in [-0.1, -0.05) is 6.07 Å². The molecule has 1 aliphatic rings.